The number of rotatable bonds is 2. The van der Waals surface area contributed by atoms with E-state index in [1.165, 1.54) is 0 Å². The number of fused-ring (bicyclic) bond motifs is 1. The first-order valence-corrected chi connectivity index (χ1v) is 7.20. The Morgan fingerprint density at radius 2 is 2.10 bits per heavy atom. The van der Waals surface area contributed by atoms with Gasteiger partial charge >= 0.3 is 0 Å². The summed E-state index contributed by atoms with van der Waals surface area (Å²) >= 11 is 0. The predicted molar refractivity (Wildman–Crippen MR) is 79.9 cm³/mol. The minimum atomic E-state index is -0.0517. The summed E-state index contributed by atoms with van der Waals surface area (Å²) < 4.78 is 0. The summed E-state index contributed by atoms with van der Waals surface area (Å²) in [5, 5.41) is 12.0. The number of phenolic OH excluding ortho intramolecular Hbond substituents is 1. The van der Waals surface area contributed by atoms with Gasteiger partial charge in [0.25, 0.3) is 5.91 Å². The van der Waals surface area contributed by atoms with Crippen LogP contribution in [-0.4, -0.2) is 29.0 Å². The van der Waals surface area contributed by atoms with Gasteiger partial charge in [-0.3, -0.25) is 4.79 Å². The average molecular weight is 269 g/mol. The summed E-state index contributed by atoms with van der Waals surface area (Å²) in [6.07, 6.45) is 2.17. The van der Waals surface area contributed by atoms with Gasteiger partial charge in [0.1, 0.15) is 5.75 Å². The molecule has 1 atom stereocenters. The third-order valence-electron chi connectivity index (χ3n) is 4.28. The molecule has 1 unspecified atom stereocenters. The van der Waals surface area contributed by atoms with E-state index in [0.717, 1.165) is 36.7 Å². The molecule has 0 saturated carbocycles. The maximum Gasteiger partial charge on any atom is 0.257 e. The van der Waals surface area contributed by atoms with Gasteiger partial charge in [-0.1, -0.05) is 43.7 Å². The van der Waals surface area contributed by atoms with Gasteiger partial charge in [-0.2, -0.15) is 0 Å². The van der Waals surface area contributed by atoms with E-state index >= 15 is 0 Å². The van der Waals surface area contributed by atoms with Crippen molar-refractivity contribution >= 4 is 16.7 Å². The molecule has 104 valence electrons. The van der Waals surface area contributed by atoms with E-state index in [2.05, 4.69) is 6.92 Å². The Kier molecular flexibility index (Phi) is 3.35. The van der Waals surface area contributed by atoms with Gasteiger partial charge in [-0.15, -0.1) is 0 Å². The normalized spacial score (nSPS) is 18.6. The molecule has 0 bridgehead atoms. The second kappa shape index (κ2) is 5.16. The van der Waals surface area contributed by atoms with Crippen LogP contribution in [0.25, 0.3) is 10.8 Å². The summed E-state index contributed by atoms with van der Waals surface area (Å²) in [6, 6.07) is 11.2. The lowest BCUT2D eigenvalue weighted by molar-refractivity contribution is 0.0784. The third kappa shape index (κ3) is 2.13. The van der Waals surface area contributed by atoms with E-state index in [4.69, 9.17) is 0 Å². The Balaban J connectivity index is 1.94. The summed E-state index contributed by atoms with van der Waals surface area (Å²) in [4.78, 5) is 14.4. The SMILES string of the molecule is CCC1CCN(C(=O)c2ccc3ccccc3c2O)C1. The molecule has 1 amide bonds. The van der Waals surface area contributed by atoms with E-state index in [-0.39, 0.29) is 11.7 Å². The van der Waals surface area contributed by atoms with Crippen molar-refractivity contribution in [3.8, 4) is 5.75 Å². The molecule has 0 aromatic heterocycles. The molecule has 0 radical (unpaired) electrons. The molecule has 1 N–H and O–H groups in total. The van der Waals surface area contributed by atoms with Crippen LogP contribution in [0.4, 0.5) is 0 Å². The molecule has 0 aliphatic carbocycles. The molecule has 2 aromatic rings. The first-order chi connectivity index (χ1) is 9.70. The third-order valence-corrected chi connectivity index (χ3v) is 4.28. The molecule has 1 aliphatic rings. The molecule has 0 spiro atoms. The lowest BCUT2D eigenvalue weighted by atomic mass is 10.0. The van der Waals surface area contributed by atoms with Crippen molar-refractivity contribution in [1.29, 1.82) is 0 Å². The van der Waals surface area contributed by atoms with E-state index in [1.807, 2.05) is 35.2 Å². The zero-order chi connectivity index (χ0) is 14.1. The van der Waals surface area contributed by atoms with Crippen LogP contribution in [0.2, 0.25) is 0 Å². The van der Waals surface area contributed by atoms with Crippen molar-refractivity contribution in [2.45, 2.75) is 19.8 Å². The highest BCUT2D eigenvalue weighted by atomic mass is 16.3. The minimum absolute atomic E-state index is 0.0517. The van der Waals surface area contributed by atoms with Crippen LogP contribution in [-0.2, 0) is 0 Å². The Bertz CT molecular complexity index is 650. The minimum Gasteiger partial charge on any atom is -0.506 e. The Morgan fingerprint density at radius 3 is 2.85 bits per heavy atom. The van der Waals surface area contributed by atoms with E-state index in [9.17, 15) is 9.90 Å². The topological polar surface area (TPSA) is 40.5 Å². The monoisotopic (exact) mass is 269 g/mol. The molecule has 1 aliphatic heterocycles. The van der Waals surface area contributed by atoms with Crippen LogP contribution >= 0.6 is 0 Å². The summed E-state index contributed by atoms with van der Waals surface area (Å²) in [5.74, 6) is 0.652. The second-order valence-electron chi connectivity index (χ2n) is 5.50. The number of aromatic hydroxyl groups is 1. The van der Waals surface area contributed by atoms with Crippen molar-refractivity contribution in [3.05, 3.63) is 42.0 Å². The highest BCUT2D eigenvalue weighted by Crippen LogP contribution is 2.31. The van der Waals surface area contributed by atoms with Crippen molar-refractivity contribution in [2.75, 3.05) is 13.1 Å². The van der Waals surface area contributed by atoms with Gasteiger partial charge in [-0.05, 0) is 23.8 Å². The number of likely N-dealkylation sites (tertiary alicyclic amines) is 1. The molecule has 1 fully saturated rings. The van der Waals surface area contributed by atoms with Crippen LogP contribution in [0.3, 0.4) is 0 Å². The lowest BCUT2D eigenvalue weighted by Gasteiger charge is -2.17. The smallest absolute Gasteiger partial charge is 0.257 e. The van der Waals surface area contributed by atoms with Crippen LogP contribution in [0.15, 0.2) is 36.4 Å². The maximum atomic E-state index is 12.5. The second-order valence-corrected chi connectivity index (χ2v) is 5.50. The van der Waals surface area contributed by atoms with E-state index in [0.29, 0.717) is 11.5 Å². The zero-order valence-corrected chi connectivity index (χ0v) is 11.7. The molecular weight excluding hydrogens is 250 g/mol. The number of phenols is 1. The number of hydrogen-bond acceptors (Lipinski definition) is 2. The average Bonchev–Trinajstić information content (AvgIpc) is 2.96. The number of benzene rings is 2. The number of carbonyl (C=O) groups is 1. The molecule has 2 aromatic carbocycles. The van der Waals surface area contributed by atoms with Crippen LogP contribution in [0, 0.1) is 5.92 Å². The van der Waals surface area contributed by atoms with Gasteiger partial charge in [0, 0.05) is 18.5 Å². The van der Waals surface area contributed by atoms with Crippen LogP contribution in [0.1, 0.15) is 30.1 Å². The Hall–Kier alpha value is -2.03. The van der Waals surface area contributed by atoms with Crippen molar-refractivity contribution in [1.82, 2.24) is 4.90 Å². The largest absolute Gasteiger partial charge is 0.506 e. The highest BCUT2D eigenvalue weighted by molar-refractivity contribution is 6.03. The van der Waals surface area contributed by atoms with E-state index < -0.39 is 0 Å². The van der Waals surface area contributed by atoms with Crippen LogP contribution < -0.4 is 0 Å². The molecule has 1 heterocycles. The van der Waals surface area contributed by atoms with Gasteiger partial charge in [-0.25, -0.2) is 0 Å². The standard InChI is InChI=1S/C17H19NO2/c1-2-12-9-10-18(11-12)17(20)15-8-7-13-5-3-4-6-14(13)16(15)19/h3-8,12,19H,2,9-11H2,1H3. The molecule has 3 heteroatoms. The number of carbonyl (C=O) groups excluding carboxylic acids is 1. The number of nitrogens with zero attached hydrogens (tertiary/aromatic N) is 1. The predicted octanol–water partition coefficient (Wildman–Crippen LogP) is 3.42. The zero-order valence-electron chi connectivity index (χ0n) is 11.7. The van der Waals surface area contributed by atoms with Crippen LogP contribution in [0.5, 0.6) is 5.75 Å². The van der Waals surface area contributed by atoms with E-state index in [1.54, 1.807) is 6.07 Å². The lowest BCUT2D eigenvalue weighted by Crippen LogP contribution is -2.28. The Morgan fingerprint density at radius 1 is 1.30 bits per heavy atom. The van der Waals surface area contributed by atoms with Crippen molar-refractivity contribution < 1.29 is 9.90 Å². The van der Waals surface area contributed by atoms with Gasteiger partial charge in [0.15, 0.2) is 0 Å². The van der Waals surface area contributed by atoms with Crippen molar-refractivity contribution in [2.24, 2.45) is 5.92 Å². The quantitative estimate of drug-likeness (QED) is 0.907. The first-order valence-electron chi connectivity index (χ1n) is 7.20. The fourth-order valence-electron chi connectivity index (χ4n) is 2.95. The van der Waals surface area contributed by atoms with Gasteiger partial charge < -0.3 is 10.0 Å². The number of amides is 1. The van der Waals surface area contributed by atoms with Gasteiger partial charge in [0.05, 0.1) is 5.56 Å². The van der Waals surface area contributed by atoms with Gasteiger partial charge in [0.2, 0.25) is 0 Å². The molecule has 20 heavy (non-hydrogen) atoms. The summed E-state index contributed by atoms with van der Waals surface area (Å²) in [5.41, 5.74) is 0.417. The summed E-state index contributed by atoms with van der Waals surface area (Å²) in [6.45, 7) is 3.76. The highest BCUT2D eigenvalue weighted by Gasteiger charge is 2.27. The summed E-state index contributed by atoms with van der Waals surface area (Å²) in [7, 11) is 0. The molecule has 1 saturated heterocycles. The molecular formula is C17H19NO2. The Labute approximate surface area is 118 Å². The first kappa shape index (κ1) is 13.0. The number of hydrogen-bond donors (Lipinski definition) is 1. The molecule has 3 nitrogen and oxygen atoms in total. The van der Waals surface area contributed by atoms with Crippen molar-refractivity contribution in [3.63, 3.8) is 0 Å². The fraction of sp³-hybridized carbons (Fsp3) is 0.353. The maximum absolute atomic E-state index is 12.5. The fourth-order valence-corrected chi connectivity index (χ4v) is 2.95. The molecule has 3 rings (SSSR count).